The van der Waals surface area contributed by atoms with Crippen molar-refractivity contribution in [2.75, 3.05) is 20.3 Å². The molecule has 0 spiro atoms. The first-order chi connectivity index (χ1) is 8.22. The summed E-state index contributed by atoms with van der Waals surface area (Å²) in [5.41, 5.74) is 1.07. The van der Waals surface area contributed by atoms with Gasteiger partial charge in [0, 0.05) is 19.4 Å². The largest absolute Gasteiger partial charge is 0.480 e. The first-order valence-electron chi connectivity index (χ1n) is 5.57. The third-order valence-electron chi connectivity index (χ3n) is 2.99. The minimum Gasteiger partial charge on any atom is -0.480 e. The maximum atomic E-state index is 11.1. The molecule has 0 radical (unpaired) electrons. The van der Waals surface area contributed by atoms with Crippen LogP contribution in [0.4, 0.5) is 0 Å². The van der Waals surface area contributed by atoms with Crippen molar-refractivity contribution in [1.82, 2.24) is 4.98 Å². The van der Waals surface area contributed by atoms with Gasteiger partial charge in [-0.25, -0.2) is 9.78 Å². The third kappa shape index (κ3) is 2.55. The monoisotopic (exact) mass is 237 g/mol. The van der Waals surface area contributed by atoms with Crippen LogP contribution >= 0.6 is 0 Å². The van der Waals surface area contributed by atoms with Crippen LogP contribution < -0.4 is 4.74 Å². The molecular weight excluding hydrogens is 222 g/mol. The molecule has 0 aliphatic carbocycles. The number of aromatic nitrogens is 1. The molecule has 2 heterocycles. The molecule has 1 aromatic rings. The molecule has 0 bridgehead atoms. The second-order valence-corrected chi connectivity index (χ2v) is 4.02. The molecule has 1 aliphatic heterocycles. The molecule has 1 fully saturated rings. The first kappa shape index (κ1) is 11.9. The number of hydrogen-bond donors (Lipinski definition) is 1. The number of carbonyl (C=O) groups is 1. The zero-order valence-corrected chi connectivity index (χ0v) is 9.68. The van der Waals surface area contributed by atoms with E-state index in [1.165, 1.54) is 7.11 Å². The Morgan fingerprint density at radius 3 is 2.82 bits per heavy atom. The number of pyridine rings is 1. The van der Waals surface area contributed by atoms with Gasteiger partial charge >= 0.3 is 5.97 Å². The lowest BCUT2D eigenvalue weighted by Crippen LogP contribution is -2.15. The molecule has 2 rings (SSSR count). The molecule has 1 aromatic heterocycles. The maximum Gasteiger partial charge on any atom is 0.341 e. The van der Waals surface area contributed by atoms with E-state index in [0.717, 1.165) is 31.6 Å². The van der Waals surface area contributed by atoms with E-state index < -0.39 is 5.97 Å². The van der Waals surface area contributed by atoms with E-state index in [4.69, 9.17) is 14.6 Å². The van der Waals surface area contributed by atoms with Crippen molar-refractivity contribution in [3.8, 4) is 5.88 Å². The molecule has 0 amide bonds. The molecule has 1 N–H and O–H groups in total. The Kier molecular flexibility index (Phi) is 3.58. The van der Waals surface area contributed by atoms with Gasteiger partial charge in [0.15, 0.2) is 0 Å². The van der Waals surface area contributed by atoms with Gasteiger partial charge in [0.1, 0.15) is 5.56 Å². The smallest absolute Gasteiger partial charge is 0.341 e. The van der Waals surface area contributed by atoms with Crippen molar-refractivity contribution in [3.05, 3.63) is 23.4 Å². The van der Waals surface area contributed by atoms with Crippen molar-refractivity contribution in [2.45, 2.75) is 18.8 Å². The molecule has 92 valence electrons. The average Bonchev–Trinajstić information content (AvgIpc) is 2.39. The first-order valence-corrected chi connectivity index (χ1v) is 5.57. The number of carboxylic acids is 1. The second-order valence-electron chi connectivity index (χ2n) is 4.02. The Morgan fingerprint density at radius 2 is 2.24 bits per heavy atom. The fourth-order valence-electron chi connectivity index (χ4n) is 2.04. The van der Waals surface area contributed by atoms with E-state index in [1.807, 2.05) is 0 Å². The highest BCUT2D eigenvalue weighted by Crippen LogP contribution is 2.28. The number of nitrogens with zero attached hydrogens (tertiary/aromatic N) is 1. The van der Waals surface area contributed by atoms with Crippen LogP contribution in [0.3, 0.4) is 0 Å². The number of carboxylic acid groups (broad SMARTS) is 1. The summed E-state index contributed by atoms with van der Waals surface area (Å²) in [6.45, 7) is 1.44. The van der Waals surface area contributed by atoms with Gasteiger partial charge in [0.2, 0.25) is 5.88 Å². The SMILES string of the molecule is COc1ncc(C2CCOCC2)cc1C(=O)O. The summed E-state index contributed by atoms with van der Waals surface area (Å²) in [4.78, 5) is 15.1. The van der Waals surface area contributed by atoms with Gasteiger partial charge in [-0.2, -0.15) is 0 Å². The molecule has 5 heteroatoms. The Balaban J connectivity index is 2.29. The summed E-state index contributed by atoms with van der Waals surface area (Å²) >= 11 is 0. The Labute approximate surface area is 99.4 Å². The van der Waals surface area contributed by atoms with Gasteiger partial charge in [0.05, 0.1) is 7.11 Å². The summed E-state index contributed by atoms with van der Waals surface area (Å²) < 4.78 is 10.2. The fraction of sp³-hybridized carbons (Fsp3) is 0.500. The Morgan fingerprint density at radius 1 is 1.53 bits per heavy atom. The highest BCUT2D eigenvalue weighted by atomic mass is 16.5. The van der Waals surface area contributed by atoms with Crippen LogP contribution in [0.5, 0.6) is 5.88 Å². The van der Waals surface area contributed by atoms with E-state index >= 15 is 0 Å². The molecule has 17 heavy (non-hydrogen) atoms. The number of hydrogen-bond acceptors (Lipinski definition) is 4. The van der Waals surface area contributed by atoms with Gasteiger partial charge in [-0.05, 0) is 30.4 Å². The lowest BCUT2D eigenvalue weighted by Gasteiger charge is -2.22. The van der Waals surface area contributed by atoms with E-state index in [9.17, 15) is 4.79 Å². The van der Waals surface area contributed by atoms with Crippen molar-refractivity contribution in [1.29, 1.82) is 0 Å². The van der Waals surface area contributed by atoms with Gasteiger partial charge < -0.3 is 14.6 Å². The summed E-state index contributed by atoms with van der Waals surface area (Å²) in [6, 6.07) is 1.66. The van der Waals surface area contributed by atoms with E-state index in [0.29, 0.717) is 5.92 Å². The normalized spacial score (nSPS) is 16.8. The molecule has 0 saturated carbocycles. The number of rotatable bonds is 3. The number of ether oxygens (including phenoxy) is 2. The van der Waals surface area contributed by atoms with Crippen molar-refractivity contribution < 1.29 is 19.4 Å². The number of methoxy groups -OCH3 is 1. The minimum absolute atomic E-state index is 0.122. The van der Waals surface area contributed by atoms with Crippen molar-refractivity contribution >= 4 is 5.97 Å². The van der Waals surface area contributed by atoms with Gasteiger partial charge in [-0.1, -0.05) is 0 Å². The summed E-state index contributed by atoms with van der Waals surface area (Å²) in [5, 5.41) is 9.07. The molecule has 1 saturated heterocycles. The van der Waals surface area contributed by atoms with Gasteiger partial charge in [-0.3, -0.25) is 0 Å². The van der Waals surface area contributed by atoms with Crippen LogP contribution in [0.1, 0.15) is 34.7 Å². The lowest BCUT2D eigenvalue weighted by atomic mass is 9.92. The van der Waals surface area contributed by atoms with Crippen LogP contribution in [-0.2, 0) is 4.74 Å². The Bertz CT molecular complexity index is 413. The standard InChI is InChI=1S/C12H15NO4/c1-16-11-10(12(14)15)6-9(7-13-11)8-2-4-17-5-3-8/h6-8H,2-5H2,1H3,(H,14,15). The third-order valence-corrected chi connectivity index (χ3v) is 2.99. The van der Waals surface area contributed by atoms with E-state index in [2.05, 4.69) is 4.98 Å². The van der Waals surface area contributed by atoms with Crippen LogP contribution in [-0.4, -0.2) is 36.4 Å². The van der Waals surface area contributed by atoms with Crippen LogP contribution in [0, 0.1) is 0 Å². The zero-order valence-electron chi connectivity index (χ0n) is 9.68. The number of aromatic carboxylic acids is 1. The van der Waals surface area contributed by atoms with E-state index in [1.54, 1.807) is 12.3 Å². The lowest BCUT2D eigenvalue weighted by molar-refractivity contribution is 0.0691. The summed E-state index contributed by atoms with van der Waals surface area (Å²) in [5.74, 6) is -0.517. The predicted octanol–water partition coefficient (Wildman–Crippen LogP) is 1.68. The fourth-order valence-corrected chi connectivity index (χ4v) is 2.04. The van der Waals surface area contributed by atoms with Gasteiger partial charge in [-0.15, -0.1) is 0 Å². The van der Waals surface area contributed by atoms with Crippen molar-refractivity contribution in [2.24, 2.45) is 0 Å². The minimum atomic E-state index is -1.01. The topological polar surface area (TPSA) is 68.7 Å². The zero-order chi connectivity index (χ0) is 12.3. The molecule has 0 aromatic carbocycles. The molecular formula is C12H15NO4. The quantitative estimate of drug-likeness (QED) is 0.866. The average molecular weight is 237 g/mol. The predicted molar refractivity (Wildman–Crippen MR) is 60.5 cm³/mol. The molecule has 5 nitrogen and oxygen atoms in total. The van der Waals surface area contributed by atoms with Crippen molar-refractivity contribution in [3.63, 3.8) is 0 Å². The maximum absolute atomic E-state index is 11.1. The molecule has 0 unspecified atom stereocenters. The Hall–Kier alpha value is -1.62. The van der Waals surface area contributed by atoms with E-state index in [-0.39, 0.29) is 11.4 Å². The van der Waals surface area contributed by atoms with Gasteiger partial charge in [0.25, 0.3) is 0 Å². The summed E-state index contributed by atoms with van der Waals surface area (Å²) in [6.07, 6.45) is 3.52. The highest BCUT2D eigenvalue weighted by molar-refractivity contribution is 5.90. The highest BCUT2D eigenvalue weighted by Gasteiger charge is 2.20. The molecule has 1 aliphatic rings. The van der Waals surface area contributed by atoms with Crippen LogP contribution in [0.25, 0.3) is 0 Å². The van der Waals surface area contributed by atoms with Crippen LogP contribution in [0.2, 0.25) is 0 Å². The molecule has 0 atom stereocenters. The second kappa shape index (κ2) is 5.14. The van der Waals surface area contributed by atoms with Crippen LogP contribution in [0.15, 0.2) is 12.3 Å². The summed E-state index contributed by atoms with van der Waals surface area (Å²) in [7, 11) is 1.42.